The van der Waals surface area contributed by atoms with Crippen LogP contribution in [0.5, 0.6) is 0 Å². The minimum atomic E-state index is -1.18. The molecule has 0 spiro atoms. The van der Waals surface area contributed by atoms with Crippen LogP contribution in [0.3, 0.4) is 0 Å². The van der Waals surface area contributed by atoms with Gasteiger partial charge in [0.1, 0.15) is 5.72 Å². The van der Waals surface area contributed by atoms with Crippen molar-refractivity contribution in [2.24, 2.45) is 0 Å². The molecular weight excluding hydrogens is 264 g/mol. The molecular formula is C17H26N2O2. The summed E-state index contributed by atoms with van der Waals surface area (Å²) in [6.45, 7) is 8.61. The fraction of sp³-hybridized carbons (Fsp3) is 0.588. The Morgan fingerprint density at radius 1 is 1.19 bits per heavy atom. The summed E-state index contributed by atoms with van der Waals surface area (Å²) in [5.74, 6) is 0. The topological polar surface area (TPSA) is 43.8 Å². The lowest BCUT2D eigenvalue weighted by Crippen LogP contribution is -2.68. The lowest BCUT2D eigenvalue weighted by Gasteiger charge is -2.53. The van der Waals surface area contributed by atoms with Gasteiger partial charge in [-0.15, -0.1) is 0 Å². The molecule has 0 saturated carbocycles. The van der Waals surface area contributed by atoms with Crippen molar-refractivity contribution in [1.82, 2.24) is 4.90 Å². The van der Waals surface area contributed by atoms with E-state index in [-0.39, 0.29) is 11.6 Å². The van der Waals surface area contributed by atoms with Crippen LogP contribution in [-0.4, -0.2) is 33.8 Å². The van der Waals surface area contributed by atoms with Crippen LogP contribution >= 0.6 is 0 Å². The van der Waals surface area contributed by atoms with E-state index in [1.807, 2.05) is 49.1 Å². The van der Waals surface area contributed by atoms with E-state index in [0.717, 1.165) is 25.1 Å². The number of hydrogen-bond donors (Lipinski definition) is 1. The third kappa shape index (κ3) is 3.05. The van der Waals surface area contributed by atoms with Gasteiger partial charge in [-0.2, -0.15) is 0 Å². The highest BCUT2D eigenvalue weighted by molar-refractivity contribution is 5.94. The quantitative estimate of drug-likeness (QED) is 0.920. The highest BCUT2D eigenvalue weighted by Gasteiger charge is 2.50. The van der Waals surface area contributed by atoms with Gasteiger partial charge in [0.05, 0.1) is 0 Å². The summed E-state index contributed by atoms with van der Waals surface area (Å²) in [4.78, 5) is 16.4. The highest BCUT2D eigenvalue weighted by atomic mass is 16.3. The lowest BCUT2D eigenvalue weighted by atomic mass is 9.87. The maximum Gasteiger partial charge on any atom is 0.327 e. The first-order valence-electron chi connectivity index (χ1n) is 7.69. The van der Waals surface area contributed by atoms with E-state index in [4.69, 9.17) is 0 Å². The van der Waals surface area contributed by atoms with Gasteiger partial charge < -0.3 is 10.0 Å². The summed E-state index contributed by atoms with van der Waals surface area (Å²) in [5, 5.41) is 10.8. The molecule has 1 fully saturated rings. The molecule has 1 saturated heterocycles. The van der Waals surface area contributed by atoms with Crippen molar-refractivity contribution in [2.75, 3.05) is 11.4 Å². The van der Waals surface area contributed by atoms with Crippen LogP contribution in [0.25, 0.3) is 0 Å². The number of carbonyl (C=O) groups is 1. The average Bonchev–Trinajstić information content (AvgIpc) is 2.37. The predicted octanol–water partition coefficient (Wildman–Crippen LogP) is 3.61. The SMILES string of the molecule is CCCCN1C(=O)N(c2ccccc2)[C@@](C)(O)CC1(C)C. The Labute approximate surface area is 127 Å². The number of urea groups is 1. The largest absolute Gasteiger partial charge is 0.371 e. The third-order valence-electron chi connectivity index (χ3n) is 4.15. The van der Waals surface area contributed by atoms with Gasteiger partial charge in [0, 0.05) is 24.2 Å². The number of rotatable bonds is 4. The summed E-state index contributed by atoms with van der Waals surface area (Å²) < 4.78 is 0. The molecule has 1 aromatic carbocycles. The molecule has 2 rings (SSSR count). The molecule has 1 aromatic rings. The Balaban J connectivity index is 2.38. The van der Waals surface area contributed by atoms with Gasteiger partial charge in [-0.05, 0) is 39.3 Å². The van der Waals surface area contributed by atoms with Crippen LogP contribution in [-0.2, 0) is 0 Å². The summed E-state index contributed by atoms with van der Waals surface area (Å²) in [7, 11) is 0. The van der Waals surface area contributed by atoms with E-state index in [1.54, 1.807) is 6.92 Å². The molecule has 1 heterocycles. The minimum Gasteiger partial charge on any atom is -0.371 e. The van der Waals surface area contributed by atoms with Gasteiger partial charge in [0.2, 0.25) is 0 Å². The lowest BCUT2D eigenvalue weighted by molar-refractivity contribution is -0.0255. The Kier molecular flexibility index (Phi) is 4.28. The number of aliphatic hydroxyl groups is 1. The van der Waals surface area contributed by atoms with E-state index >= 15 is 0 Å². The molecule has 2 amide bonds. The molecule has 116 valence electrons. The Morgan fingerprint density at radius 2 is 1.81 bits per heavy atom. The molecule has 4 heteroatoms. The number of para-hydroxylation sites is 1. The smallest absolute Gasteiger partial charge is 0.327 e. The van der Waals surface area contributed by atoms with Crippen LogP contribution in [0.4, 0.5) is 10.5 Å². The van der Waals surface area contributed by atoms with Crippen LogP contribution in [0.2, 0.25) is 0 Å². The van der Waals surface area contributed by atoms with E-state index in [0.29, 0.717) is 6.42 Å². The molecule has 4 nitrogen and oxygen atoms in total. The molecule has 21 heavy (non-hydrogen) atoms. The van der Waals surface area contributed by atoms with Crippen molar-refractivity contribution in [2.45, 2.75) is 58.2 Å². The standard InChI is InChI=1S/C17H26N2O2/c1-5-6-12-18-15(20)19(14-10-8-7-9-11-14)17(4,21)13-16(18,2)3/h7-11,21H,5-6,12-13H2,1-4H3/t17-/m0/s1. The minimum absolute atomic E-state index is 0.115. The third-order valence-corrected chi connectivity index (χ3v) is 4.15. The molecule has 1 aliphatic rings. The molecule has 0 bridgehead atoms. The van der Waals surface area contributed by atoms with Crippen molar-refractivity contribution < 1.29 is 9.90 Å². The number of unbranched alkanes of at least 4 members (excludes halogenated alkanes) is 1. The van der Waals surface area contributed by atoms with E-state index in [1.165, 1.54) is 4.90 Å². The van der Waals surface area contributed by atoms with E-state index < -0.39 is 5.72 Å². The normalized spacial score (nSPS) is 25.3. The predicted molar refractivity (Wildman–Crippen MR) is 85.3 cm³/mol. The second kappa shape index (κ2) is 5.68. The maximum absolute atomic E-state index is 13.0. The zero-order valence-corrected chi connectivity index (χ0v) is 13.5. The zero-order chi connectivity index (χ0) is 15.7. The van der Waals surface area contributed by atoms with Gasteiger partial charge in [-0.25, -0.2) is 4.79 Å². The molecule has 0 radical (unpaired) electrons. The van der Waals surface area contributed by atoms with E-state index in [2.05, 4.69) is 6.92 Å². The Hall–Kier alpha value is -1.55. The van der Waals surface area contributed by atoms with Crippen LogP contribution in [0, 0.1) is 0 Å². The first-order valence-corrected chi connectivity index (χ1v) is 7.69. The summed E-state index contributed by atoms with van der Waals surface area (Å²) >= 11 is 0. The van der Waals surface area contributed by atoms with Gasteiger partial charge in [-0.1, -0.05) is 31.5 Å². The number of benzene rings is 1. The van der Waals surface area contributed by atoms with Crippen LogP contribution in [0.15, 0.2) is 30.3 Å². The van der Waals surface area contributed by atoms with Crippen molar-refractivity contribution in [3.8, 4) is 0 Å². The second-order valence-electron chi connectivity index (χ2n) is 6.66. The fourth-order valence-electron chi connectivity index (χ4n) is 3.26. The first-order chi connectivity index (χ1) is 9.79. The maximum atomic E-state index is 13.0. The van der Waals surface area contributed by atoms with Gasteiger partial charge in [0.25, 0.3) is 0 Å². The average molecular weight is 290 g/mol. The Bertz CT molecular complexity index is 497. The van der Waals surface area contributed by atoms with E-state index in [9.17, 15) is 9.90 Å². The highest BCUT2D eigenvalue weighted by Crippen LogP contribution is 2.38. The number of amides is 2. The van der Waals surface area contributed by atoms with Gasteiger partial charge in [0.15, 0.2) is 0 Å². The number of hydrogen-bond acceptors (Lipinski definition) is 2. The first kappa shape index (κ1) is 15.8. The fourth-order valence-corrected chi connectivity index (χ4v) is 3.26. The number of anilines is 1. The monoisotopic (exact) mass is 290 g/mol. The molecule has 0 aliphatic carbocycles. The summed E-state index contributed by atoms with van der Waals surface area (Å²) in [6.07, 6.45) is 2.53. The van der Waals surface area contributed by atoms with Gasteiger partial charge >= 0.3 is 6.03 Å². The molecule has 1 aliphatic heterocycles. The summed E-state index contributed by atoms with van der Waals surface area (Å²) in [5.41, 5.74) is -0.782. The number of carbonyl (C=O) groups excluding carboxylic acids is 1. The molecule has 1 N–H and O–H groups in total. The molecule has 0 unspecified atom stereocenters. The molecule has 0 aromatic heterocycles. The van der Waals surface area contributed by atoms with Gasteiger partial charge in [-0.3, -0.25) is 4.90 Å². The van der Waals surface area contributed by atoms with Crippen LogP contribution < -0.4 is 4.90 Å². The van der Waals surface area contributed by atoms with Crippen molar-refractivity contribution in [3.63, 3.8) is 0 Å². The van der Waals surface area contributed by atoms with Crippen molar-refractivity contribution >= 4 is 11.7 Å². The molecule has 1 atom stereocenters. The number of nitrogens with zero attached hydrogens (tertiary/aromatic N) is 2. The van der Waals surface area contributed by atoms with Crippen LogP contribution in [0.1, 0.15) is 47.0 Å². The summed E-state index contributed by atoms with van der Waals surface area (Å²) in [6, 6.07) is 9.29. The second-order valence-corrected chi connectivity index (χ2v) is 6.66. The van der Waals surface area contributed by atoms with Crippen molar-refractivity contribution in [3.05, 3.63) is 30.3 Å². The van der Waals surface area contributed by atoms with Crippen molar-refractivity contribution in [1.29, 1.82) is 0 Å². The zero-order valence-electron chi connectivity index (χ0n) is 13.5. The Morgan fingerprint density at radius 3 is 2.38 bits per heavy atom.